The van der Waals surface area contributed by atoms with E-state index in [2.05, 4.69) is 4.98 Å². The molecule has 0 saturated heterocycles. The fourth-order valence-electron chi connectivity index (χ4n) is 3.50. The Kier molecular flexibility index (Phi) is 3.35. The van der Waals surface area contributed by atoms with Crippen molar-refractivity contribution in [2.45, 2.75) is 50.1 Å². The highest BCUT2D eigenvalue weighted by atomic mass is 19.4. The first-order chi connectivity index (χ1) is 9.52. The van der Waals surface area contributed by atoms with Crippen molar-refractivity contribution in [3.05, 3.63) is 41.7 Å². The lowest BCUT2D eigenvalue weighted by Gasteiger charge is -2.46. The van der Waals surface area contributed by atoms with Gasteiger partial charge in [-0.3, -0.25) is 4.98 Å². The predicted molar refractivity (Wildman–Crippen MR) is 71.2 cm³/mol. The predicted octanol–water partition coefficient (Wildman–Crippen LogP) is 4.79. The summed E-state index contributed by atoms with van der Waals surface area (Å²) in [5.74, 6) is -1.18. The number of allylic oxidation sites excluding steroid dienone is 2. The standard InChI is InChI=1S/C16H18F3N/c17-16(18,19)13-6-3-5-12(11-13)15(8-4-9-15)14-7-1-2-10-20-14/h1-2,5,7,10,13H,3-4,6,8-9,11H2. The smallest absolute Gasteiger partial charge is 0.260 e. The fourth-order valence-corrected chi connectivity index (χ4v) is 3.50. The summed E-state index contributed by atoms with van der Waals surface area (Å²) in [5, 5.41) is 0. The van der Waals surface area contributed by atoms with Gasteiger partial charge in [0.1, 0.15) is 0 Å². The molecule has 1 aromatic heterocycles. The third-order valence-corrected chi connectivity index (χ3v) is 4.81. The second kappa shape index (κ2) is 4.90. The van der Waals surface area contributed by atoms with E-state index in [9.17, 15) is 13.2 Å². The van der Waals surface area contributed by atoms with Crippen molar-refractivity contribution in [1.29, 1.82) is 0 Å². The molecule has 20 heavy (non-hydrogen) atoms. The van der Waals surface area contributed by atoms with Crippen LogP contribution in [0.5, 0.6) is 0 Å². The number of hydrogen-bond donors (Lipinski definition) is 0. The van der Waals surface area contributed by atoms with Crippen LogP contribution in [0.1, 0.15) is 44.2 Å². The zero-order valence-electron chi connectivity index (χ0n) is 11.3. The highest BCUT2D eigenvalue weighted by Crippen LogP contribution is 2.53. The van der Waals surface area contributed by atoms with Gasteiger partial charge in [0.05, 0.1) is 11.6 Å². The zero-order chi connectivity index (χ0) is 14.2. The first-order valence-electron chi connectivity index (χ1n) is 7.20. The molecule has 1 unspecified atom stereocenters. The molecular weight excluding hydrogens is 263 g/mol. The molecule has 1 aromatic rings. The van der Waals surface area contributed by atoms with Crippen molar-refractivity contribution >= 4 is 0 Å². The third-order valence-electron chi connectivity index (χ3n) is 4.81. The van der Waals surface area contributed by atoms with Crippen molar-refractivity contribution in [2.24, 2.45) is 5.92 Å². The van der Waals surface area contributed by atoms with Gasteiger partial charge in [0, 0.05) is 11.6 Å². The summed E-state index contributed by atoms with van der Waals surface area (Å²) in [7, 11) is 0. The van der Waals surface area contributed by atoms with E-state index in [-0.39, 0.29) is 18.3 Å². The van der Waals surface area contributed by atoms with Crippen LogP contribution in [0.3, 0.4) is 0 Å². The Labute approximate surface area is 116 Å². The van der Waals surface area contributed by atoms with Gasteiger partial charge in [-0.1, -0.05) is 24.1 Å². The molecule has 0 aromatic carbocycles. The number of aromatic nitrogens is 1. The molecule has 0 spiro atoms. The van der Waals surface area contributed by atoms with Crippen LogP contribution in [-0.2, 0) is 5.41 Å². The van der Waals surface area contributed by atoms with Gasteiger partial charge in [-0.2, -0.15) is 13.2 Å². The van der Waals surface area contributed by atoms with Gasteiger partial charge in [0.25, 0.3) is 0 Å². The number of hydrogen-bond acceptors (Lipinski definition) is 1. The average Bonchev–Trinajstić information content (AvgIpc) is 2.38. The minimum atomic E-state index is -4.07. The first-order valence-corrected chi connectivity index (χ1v) is 7.20. The molecule has 3 rings (SSSR count). The Balaban J connectivity index is 1.89. The summed E-state index contributed by atoms with van der Waals surface area (Å²) in [4.78, 5) is 4.41. The lowest BCUT2D eigenvalue weighted by Crippen LogP contribution is -2.40. The number of nitrogens with zero attached hydrogens (tertiary/aromatic N) is 1. The lowest BCUT2D eigenvalue weighted by molar-refractivity contribution is -0.177. The van der Waals surface area contributed by atoms with Crippen molar-refractivity contribution < 1.29 is 13.2 Å². The minimum Gasteiger partial charge on any atom is -0.260 e. The molecule has 0 radical (unpaired) electrons. The summed E-state index contributed by atoms with van der Waals surface area (Å²) in [6.45, 7) is 0. The molecule has 1 saturated carbocycles. The Hall–Kier alpha value is -1.32. The molecule has 2 aliphatic carbocycles. The van der Waals surface area contributed by atoms with Crippen LogP contribution in [-0.4, -0.2) is 11.2 Å². The Morgan fingerprint density at radius 2 is 2.00 bits per heavy atom. The average molecular weight is 281 g/mol. The quantitative estimate of drug-likeness (QED) is 0.710. The monoisotopic (exact) mass is 281 g/mol. The molecule has 1 fully saturated rings. The SMILES string of the molecule is FC(F)(F)C1CCC=C(C2(c3ccccn3)CCC2)C1. The Morgan fingerprint density at radius 1 is 1.20 bits per heavy atom. The molecule has 108 valence electrons. The minimum absolute atomic E-state index is 0.153. The summed E-state index contributed by atoms with van der Waals surface area (Å²) >= 11 is 0. The van der Waals surface area contributed by atoms with Crippen LogP contribution in [0.15, 0.2) is 36.0 Å². The fraction of sp³-hybridized carbons (Fsp3) is 0.562. The van der Waals surface area contributed by atoms with Crippen LogP contribution in [0.2, 0.25) is 0 Å². The van der Waals surface area contributed by atoms with E-state index in [0.29, 0.717) is 6.42 Å². The van der Waals surface area contributed by atoms with E-state index in [4.69, 9.17) is 0 Å². The largest absolute Gasteiger partial charge is 0.392 e. The van der Waals surface area contributed by atoms with Crippen LogP contribution in [0, 0.1) is 5.92 Å². The van der Waals surface area contributed by atoms with E-state index >= 15 is 0 Å². The van der Waals surface area contributed by atoms with Crippen molar-refractivity contribution in [1.82, 2.24) is 4.98 Å². The second-order valence-corrected chi connectivity index (χ2v) is 5.90. The summed E-state index contributed by atoms with van der Waals surface area (Å²) in [5.41, 5.74) is 1.70. The van der Waals surface area contributed by atoms with Gasteiger partial charge < -0.3 is 0 Å². The normalized spacial score (nSPS) is 25.8. The summed E-state index contributed by atoms with van der Waals surface area (Å²) in [6, 6.07) is 5.73. The number of pyridine rings is 1. The van der Waals surface area contributed by atoms with Crippen LogP contribution >= 0.6 is 0 Å². The first kappa shape index (κ1) is 13.7. The van der Waals surface area contributed by atoms with Crippen LogP contribution in [0.25, 0.3) is 0 Å². The third kappa shape index (κ3) is 2.25. The van der Waals surface area contributed by atoms with Gasteiger partial charge >= 0.3 is 6.18 Å². The number of alkyl halides is 3. The maximum Gasteiger partial charge on any atom is 0.392 e. The lowest BCUT2D eigenvalue weighted by atomic mass is 9.59. The molecule has 1 heterocycles. The molecule has 0 N–H and O–H groups in total. The molecule has 1 atom stereocenters. The highest BCUT2D eigenvalue weighted by Gasteiger charge is 2.48. The van der Waals surface area contributed by atoms with E-state index in [1.165, 1.54) is 0 Å². The molecule has 1 nitrogen and oxygen atoms in total. The highest BCUT2D eigenvalue weighted by molar-refractivity contribution is 5.36. The molecule has 2 aliphatic rings. The van der Waals surface area contributed by atoms with E-state index in [1.54, 1.807) is 6.20 Å². The Morgan fingerprint density at radius 3 is 2.55 bits per heavy atom. The molecular formula is C16H18F3N. The molecule has 4 heteroatoms. The van der Waals surface area contributed by atoms with Crippen molar-refractivity contribution in [3.63, 3.8) is 0 Å². The van der Waals surface area contributed by atoms with Gasteiger partial charge in [-0.05, 0) is 44.2 Å². The topological polar surface area (TPSA) is 12.9 Å². The van der Waals surface area contributed by atoms with Crippen molar-refractivity contribution in [3.8, 4) is 0 Å². The maximum atomic E-state index is 13.0. The van der Waals surface area contributed by atoms with Gasteiger partial charge in [-0.25, -0.2) is 0 Å². The van der Waals surface area contributed by atoms with E-state index in [0.717, 1.165) is 30.5 Å². The molecule has 0 aliphatic heterocycles. The van der Waals surface area contributed by atoms with E-state index < -0.39 is 12.1 Å². The molecule has 0 amide bonds. The zero-order valence-corrected chi connectivity index (χ0v) is 11.3. The maximum absolute atomic E-state index is 13.0. The second-order valence-electron chi connectivity index (χ2n) is 5.90. The summed E-state index contributed by atoms with van der Waals surface area (Å²) < 4.78 is 39.0. The molecule has 0 bridgehead atoms. The van der Waals surface area contributed by atoms with Gasteiger partial charge in [0.2, 0.25) is 0 Å². The summed E-state index contributed by atoms with van der Waals surface area (Å²) in [6.07, 6.45) is 3.55. The van der Waals surface area contributed by atoms with Crippen molar-refractivity contribution in [2.75, 3.05) is 0 Å². The number of halogens is 3. The Bertz CT molecular complexity index is 500. The van der Waals surface area contributed by atoms with Gasteiger partial charge in [-0.15, -0.1) is 0 Å². The van der Waals surface area contributed by atoms with Crippen LogP contribution < -0.4 is 0 Å². The van der Waals surface area contributed by atoms with Crippen LogP contribution in [0.4, 0.5) is 13.2 Å². The van der Waals surface area contributed by atoms with E-state index in [1.807, 2.05) is 24.3 Å². The van der Waals surface area contributed by atoms with Gasteiger partial charge in [0.15, 0.2) is 0 Å². The number of rotatable bonds is 2.